The summed E-state index contributed by atoms with van der Waals surface area (Å²) >= 11 is 0. The van der Waals surface area contributed by atoms with Crippen LogP contribution in [0.25, 0.3) is 0 Å². The summed E-state index contributed by atoms with van der Waals surface area (Å²) in [6.45, 7) is 6.81. The van der Waals surface area contributed by atoms with E-state index in [1.165, 1.54) is 6.92 Å². The molecule has 1 radical (unpaired) electrons. The molecule has 0 rings (SSSR count). The second kappa shape index (κ2) is 5.09. The van der Waals surface area contributed by atoms with Crippen LogP contribution in [0.2, 0.25) is 6.04 Å². The van der Waals surface area contributed by atoms with Crippen molar-refractivity contribution in [3.8, 4) is 0 Å². The summed E-state index contributed by atoms with van der Waals surface area (Å²) in [4.78, 5) is 21.6. The molecule has 0 bridgehead atoms. The van der Waals surface area contributed by atoms with E-state index in [-0.39, 0.29) is 0 Å². The summed E-state index contributed by atoms with van der Waals surface area (Å²) in [5.74, 6) is -0.537. The van der Waals surface area contributed by atoms with Gasteiger partial charge in [-0.25, -0.2) is 9.59 Å². The maximum atomic E-state index is 10.9. The van der Waals surface area contributed by atoms with Crippen LogP contribution in [0.3, 0.4) is 0 Å². The first kappa shape index (κ1) is 10.4. The minimum absolute atomic E-state index is 0.300. The summed E-state index contributed by atoms with van der Waals surface area (Å²) in [6, 6.07) is 0.499. The van der Waals surface area contributed by atoms with Crippen LogP contribution >= 0.6 is 0 Å². The topological polar surface area (TPSA) is 46.2 Å². The van der Waals surface area contributed by atoms with E-state index in [1.807, 2.05) is 6.92 Å². The lowest BCUT2D eigenvalue weighted by molar-refractivity contribution is -0.131. The summed E-state index contributed by atoms with van der Waals surface area (Å²) in [5, 5.41) is 0. The van der Waals surface area contributed by atoms with E-state index in [2.05, 4.69) is 11.0 Å². The Morgan fingerprint density at radius 3 is 2.55 bits per heavy atom. The van der Waals surface area contributed by atoms with Gasteiger partial charge in [0.25, 0.3) is 0 Å². The SMILES string of the molecule is C=C(C)C(=O)O[SiH]([O])CCC. The Kier molecular flexibility index (Phi) is 4.81. The average Bonchev–Trinajstić information content (AvgIpc) is 1.87. The Labute approximate surface area is 68.5 Å². The fourth-order valence-corrected chi connectivity index (χ4v) is 1.54. The molecule has 11 heavy (non-hydrogen) atoms. The zero-order chi connectivity index (χ0) is 8.85. The van der Waals surface area contributed by atoms with Crippen LogP contribution < -0.4 is 0 Å². The van der Waals surface area contributed by atoms with E-state index in [4.69, 9.17) is 0 Å². The van der Waals surface area contributed by atoms with Gasteiger partial charge in [0, 0.05) is 11.6 Å². The third kappa shape index (κ3) is 4.75. The maximum absolute atomic E-state index is 10.9. The highest BCUT2D eigenvalue weighted by atomic mass is 28.3. The highest BCUT2D eigenvalue weighted by Crippen LogP contribution is 2.00. The van der Waals surface area contributed by atoms with Crippen molar-refractivity contribution in [1.82, 2.24) is 0 Å². The molecule has 0 aliphatic rings. The van der Waals surface area contributed by atoms with Crippen LogP contribution in [-0.4, -0.2) is 15.3 Å². The van der Waals surface area contributed by atoms with E-state index >= 15 is 0 Å². The van der Waals surface area contributed by atoms with Crippen LogP contribution in [0, 0.1) is 0 Å². The van der Waals surface area contributed by atoms with Crippen LogP contribution in [0.15, 0.2) is 12.2 Å². The van der Waals surface area contributed by atoms with Crippen molar-refractivity contribution < 1.29 is 14.0 Å². The van der Waals surface area contributed by atoms with E-state index in [9.17, 15) is 9.59 Å². The maximum Gasteiger partial charge on any atom is 0.417 e. The fraction of sp³-hybridized carbons (Fsp3) is 0.571. The Balaban J connectivity index is 3.66. The Morgan fingerprint density at radius 1 is 1.64 bits per heavy atom. The molecule has 0 aromatic heterocycles. The van der Waals surface area contributed by atoms with Gasteiger partial charge in [0.05, 0.1) is 0 Å². The van der Waals surface area contributed by atoms with Gasteiger partial charge in [-0.3, -0.25) is 0 Å². The first-order valence-corrected chi connectivity index (χ1v) is 5.36. The second-order valence-corrected chi connectivity index (χ2v) is 4.08. The predicted octanol–water partition coefficient (Wildman–Crippen LogP) is 1.17. The molecule has 1 atom stereocenters. The minimum Gasteiger partial charge on any atom is -0.491 e. The molecule has 0 spiro atoms. The molecule has 0 aromatic rings. The number of rotatable bonds is 4. The van der Waals surface area contributed by atoms with Gasteiger partial charge in [-0.2, -0.15) is 0 Å². The molecule has 0 amide bonds. The first-order valence-electron chi connectivity index (χ1n) is 3.60. The van der Waals surface area contributed by atoms with Crippen molar-refractivity contribution in [1.29, 1.82) is 0 Å². The summed E-state index contributed by atoms with van der Waals surface area (Å²) in [6.07, 6.45) is 0.782. The van der Waals surface area contributed by atoms with Crippen molar-refractivity contribution in [2.45, 2.75) is 26.3 Å². The molecule has 0 aliphatic heterocycles. The van der Waals surface area contributed by atoms with Gasteiger partial charge >= 0.3 is 15.3 Å². The molecule has 0 aromatic carbocycles. The lowest BCUT2D eigenvalue weighted by Gasteiger charge is -2.06. The quantitative estimate of drug-likeness (QED) is 0.473. The number of carbonyl (C=O) groups is 1. The zero-order valence-electron chi connectivity index (χ0n) is 6.92. The standard InChI is InChI=1S/C7H13O3Si/c1-4-5-11(9)10-7(8)6(2)3/h11H,2,4-5H2,1,3H3. The highest BCUT2D eigenvalue weighted by molar-refractivity contribution is 6.45. The van der Waals surface area contributed by atoms with Crippen molar-refractivity contribution in [3.05, 3.63) is 12.2 Å². The Bertz CT molecular complexity index is 156. The van der Waals surface area contributed by atoms with Crippen LogP contribution in [0.5, 0.6) is 0 Å². The molecule has 0 N–H and O–H groups in total. The molecule has 4 heteroatoms. The number of hydrogen-bond donors (Lipinski definition) is 0. The molecular weight excluding hydrogens is 160 g/mol. The first-order chi connectivity index (χ1) is 5.07. The van der Waals surface area contributed by atoms with Crippen LogP contribution in [-0.2, 0) is 14.0 Å². The number of hydrogen-bond acceptors (Lipinski definition) is 2. The van der Waals surface area contributed by atoms with Crippen molar-refractivity contribution in [3.63, 3.8) is 0 Å². The van der Waals surface area contributed by atoms with E-state index < -0.39 is 15.3 Å². The third-order valence-electron chi connectivity index (χ3n) is 1.11. The lowest BCUT2D eigenvalue weighted by Crippen LogP contribution is -2.20. The van der Waals surface area contributed by atoms with Gasteiger partial charge in [-0.1, -0.05) is 19.9 Å². The molecular formula is C7H13O3Si. The van der Waals surface area contributed by atoms with Crippen LogP contribution in [0.1, 0.15) is 20.3 Å². The largest absolute Gasteiger partial charge is 0.491 e. The van der Waals surface area contributed by atoms with Gasteiger partial charge < -0.3 is 4.43 Å². The molecule has 63 valence electrons. The van der Waals surface area contributed by atoms with Gasteiger partial charge in [0.15, 0.2) is 0 Å². The normalized spacial score (nSPS) is 12.3. The predicted molar refractivity (Wildman–Crippen MR) is 43.8 cm³/mol. The fourth-order valence-electron chi connectivity index (χ4n) is 0.515. The van der Waals surface area contributed by atoms with Gasteiger partial charge in [0.2, 0.25) is 0 Å². The van der Waals surface area contributed by atoms with Crippen molar-refractivity contribution in [2.75, 3.05) is 0 Å². The second-order valence-electron chi connectivity index (χ2n) is 2.40. The summed E-state index contributed by atoms with van der Waals surface area (Å²) in [7, 11) is -2.48. The molecule has 1 unspecified atom stereocenters. The van der Waals surface area contributed by atoms with Gasteiger partial charge in [-0.15, -0.1) is 0 Å². The molecule has 0 saturated heterocycles. The van der Waals surface area contributed by atoms with Crippen LogP contribution in [0.4, 0.5) is 0 Å². The minimum atomic E-state index is -2.48. The third-order valence-corrected chi connectivity index (χ3v) is 2.64. The zero-order valence-corrected chi connectivity index (χ0v) is 8.08. The van der Waals surface area contributed by atoms with Crippen molar-refractivity contribution >= 4 is 15.3 Å². The molecule has 0 saturated carbocycles. The molecule has 0 fully saturated rings. The number of carbonyl (C=O) groups excluding carboxylic acids is 1. The lowest BCUT2D eigenvalue weighted by atomic mass is 10.4. The average molecular weight is 173 g/mol. The Hall–Kier alpha value is -0.613. The molecule has 3 nitrogen and oxygen atoms in total. The highest BCUT2D eigenvalue weighted by Gasteiger charge is 2.14. The summed E-state index contributed by atoms with van der Waals surface area (Å²) < 4.78 is 4.60. The molecule has 0 aliphatic carbocycles. The Morgan fingerprint density at radius 2 is 2.18 bits per heavy atom. The summed E-state index contributed by atoms with van der Waals surface area (Å²) in [5.41, 5.74) is 0.300. The van der Waals surface area contributed by atoms with Crippen molar-refractivity contribution in [2.24, 2.45) is 0 Å². The molecule has 0 heterocycles. The van der Waals surface area contributed by atoms with E-state index in [0.717, 1.165) is 6.42 Å². The van der Waals surface area contributed by atoms with Gasteiger partial charge in [-0.05, 0) is 6.92 Å². The monoisotopic (exact) mass is 173 g/mol. The smallest absolute Gasteiger partial charge is 0.417 e. The van der Waals surface area contributed by atoms with Gasteiger partial charge in [0.1, 0.15) is 0 Å². The van der Waals surface area contributed by atoms with E-state index in [1.54, 1.807) is 0 Å². The van der Waals surface area contributed by atoms with E-state index in [0.29, 0.717) is 11.6 Å².